The van der Waals surface area contributed by atoms with Gasteiger partial charge in [0.1, 0.15) is 11.9 Å². The summed E-state index contributed by atoms with van der Waals surface area (Å²) < 4.78 is 102. The van der Waals surface area contributed by atoms with Gasteiger partial charge in [-0.15, -0.1) is 0 Å². The molecule has 0 radical (unpaired) electrons. The van der Waals surface area contributed by atoms with Crippen LogP contribution < -0.4 is 10.9 Å². The Morgan fingerprint density at radius 1 is 0.941 bits per heavy atom. The van der Waals surface area contributed by atoms with Gasteiger partial charge in [-0.1, -0.05) is 38.5 Å². The van der Waals surface area contributed by atoms with Crippen molar-refractivity contribution in [2.75, 3.05) is 19.6 Å². The summed E-state index contributed by atoms with van der Waals surface area (Å²) in [6.45, 7) is 12.2. The first-order valence-electron chi connectivity index (χ1n) is 16.6. The Morgan fingerprint density at radius 2 is 1.53 bits per heavy atom. The van der Waals surface area contributed by atoms with Crippen molar-refractivity contribution < 1.29 is 45.4 Å². The molecule has 1 aliphatic heterocycles. The first-order chi connectivity index (χ1) is 23.6. The number of rotatable bonds is 12. The maximum atomic E-state index is 15.9. The predicted molar refractivity (Wildman–Crippen MR) is 178 cm³/mol. The summed E-state index contributed by atoms with van der Waals surface area (Å²) in [5.41, 5.74) is -2.66. The van der Waals surface area contributed by atoms with Crippen molar-refractivity contribution in [3.8, 4) is 11.1 Å². The third kappa shape index (κ3) is 9.38. The number of likely N-dealkylation sites (tertiary alicyclic amines) is 1. The molecular weight excluding hydrogens is 683 g/mol. The molecule has 1 amide bonds. The zero-order valence-electron chi connectivity index (χ0n) is 29.2. The number of aromatic nitrogens is 1. The molecule has 14 heteroatoms. The number of amides is 1. The Labute approximate surface area is 291 Å². The Morgan fingerprint density at radius 3 is 2.04 bits per heavy atom. The SMILES string of the molecule is Cc1cc(C)c(-c2cc([C@H](CC(=O)O)NC(=O)C(CC(C)C)n3cc(CCN4CC(C)C4)c(C(F)(F)F)cc3=O)c(F)c(C(F)(F)F)c2)c(C)c1. The number of alkyl halides is 6. The van der Waals surface area contributed by atoms with Crippen LogP contribution in [0.5, 0.6) is 0 Å². The van der Waals surface area contributed by atoms with Gasteiger partial charge in [-0.2, -0.15) is 26.3 Å². The molecule has 1 saturated heterocycles. The van der Waals surface area contributed by atoms with E-state index < -0.39 is 70.8 Å². The van der Waals surface area contributed by atoms with Gasteiger partial charge >= 0.3 is 18.3 Å². The normalized spacial score (nSPS) is 15.5. The van der Waals surface area contributed by atoms with E-state index in [0.717, 1.165) is 22.4 Å². The zero-order valence-corrected chi connectivity index (χ0v) is 29.2. The van der Waals surface area contributed by atoms with Crippen LogP contribution in [-0.4, -0.2) is 46.1 Å². The third-order valence-corrected chi connectivity index (χ3v) is 9.08. The van der Waals surface area contributed by atoms with E-state index in [9.17, 15) is 45.8 Å². The Bertz CT molecular complexity index is 1820. The molecule has 1 aliphatic rings. The van der Waals surface area contributed by atoms with Crippen LogP contribution in [0, 0.1) is 38.4 Å². The number of nitrogens with one attached hydrogen (secondary N) is 1. The van der Waals surface area contributed by atoms with Crippen LogP contribution in [0.1, 0.15) is 84.6 Å². The summed E-state index contributed by atoms with van der Waals surface area (Å²) >= 11 is 0. The maximum absolute atomic E-state index is 15.9. The van der Waals surface area contributed by atoms with E-state index in [1.54, 1.807) is 46.8 Å². The van der Waals surface area contributed by atoms with Crippen LogP contribution in [-0.2, 0) is 28.4 Å². The summed E-state index contributed by atoms with van der Waals surface area (Å²) in [5, 5.41) is 12.1. The van der Waals surface area contributed by atoms with Gasteiger partial charge in [0.05, 0.1) is 23.6 Å². The number of benzene rings is 2. The minimum Gasteiger partial charge on any atom is -0.481 e. The standard InChI is InChI=1S/C37H42F7N3O4/c1-19(2)9-30(47-18-24(7-8-46-16-21(4)17-46)27(14-31(47)48)36(39,40)41)35(51)45-29(15-32(49)50)26-12-25(13-28(34(26)38)37(42,43)44)33-22(5)10-20(3)11-23(33)6/h10-14,18-19,21,29-30H,7-9,15-17H2,1-6H3,(H,45,51)(H,49,50)/t29-,30?/m0/s1. The number of aryl methyl sites for hydroxylation is 3. The highest BCUT2D eigenvalue weighted by atomic mass is 19.4. The van der Waals surface area contributed by atoms with Gasteiger partial charge in [0.2, 0.25) is 5.91 Å². The molecule has 2 N–H and O–H groups in total. The highest BCUT2D eigenvalue weighted by molar-refractivity contribution is 5.82. The van der Waals surface area contributed by atoms with Crippen molar-refractivity contribution in [1.29, 1.82) is 0 Å². The number of carbonyl (C=O) groups is 2. The molecule has 2 atom stereocenters. The van der Waals surface area contributed by atoms with Gasteiger partial charge in [0.25, 0.3) is 5.56 Å². The molecule has 3 aromatic rings. The molecule has 278 valence electrons. The molecule has 4 rings (SSSR count). The van der Waals surface area contributed by atoms with E-state index in [0.29, 0.717) is 47.8 Å². The molecule has 0 saturated carbocycles. The number of pyridine rings is 1. The van der Waals surface area contributed by atoms with Gasteiger partial charge in [0, 0.05) is 37.5 Å². The Hall–Kier alpha value is -4.20. The number of hydrogen-bond donors (Lipinski definition) is 2. The second-order valence-electron chi connectivity index (χ2n) is 14.1. The minimum absolute atomic E-state index is 0.0581. The fraction of sp³-hybridized carbons (Fsp3) is 0.486. The summed E-state index contributed by atoms with van der Waals surface area (Å²) in [4.78, 5) is 41.2. The van der Waals surface area contributed by atoms with Crippen molar-refractivity contribution in [3.05, 3.63) is 91.6 Å². The monoisotopic (exact) mass is 725 g/mol. The summed E-state index contributed by atoms with van der Waals surface area (Å²) in [6.07, 6.45) is -10.3. The van der Waals surface area contributed by atoms with Crippen LogP contribution in [0.3, 0.4) is 0 Å². The van der Waals surface area contributed by atoms with Crippen molar-refractivity contribution in [3.63, 3.8) is 0 Å². The molecule has 0 aliphatic carbocycles. The lowest BCUT2D eigenvalue weighted by Gasteiger charge is -2.37. The highest BCUT2D eigenvalue weighted by Gasteiger charge is 2.39. The van der Waals surface area contributed by atoms with Gasteiger partial charge in [0.15, 0.2) is 0 Å². The largest absolute Gasteiger partial charge is 0.481 e. The smallest absolute Gasteiger partial charge is 0.419 e. The average Bonchev–Trinajstić information content (AvgIpc) is 2.96. The van der Waals surface area contributed by atoms with Crippen LogP contribution in [0.2, 0.25) is 0 Å². The van der Waals surface area contributed by atoms with E-state index in [1.165, 1.54) is 0 Å². The van der Waals surface area contributed by atoms with E-state index in [1.807, 2.05) is 11.8 Å². The quantitative estimate of drug-likeness (QED) is 0.185. The van der Waals surface area contributed by atoms with Crippen LogP contribution in [0.4, 0.5) is 30.7 Å². The predicted octanol–water partition coefficient (Wildman–Crippen LogP) is 8.03. The van der Waals surface area contributed by atoms with E-state index >= 15 is 4.39 Å². The van der Waals surface area contributed by atoms with Crippen LogP contribution in [0.15, 0.2) is 41.3 Å². The number of carbonyl (C=O) groups excluding carboxylic acids is 1. The first-order valence-corrected chi connectivity index (χ1v) is 16.6. The second kappa shape index (κ2) is 15.2. The van der Waals surface area contributed by atoms with Gasteiger partial charge in [-0.05, 0) is 85.4 Å². The topological polar surface area (TPSA) is 91.6 Å². The molecule has 1 unspecified atom stereocenters. The highest BCUT2D eigenvalue weighted by Crippen LogP contribution is 2.40. The fourth-order valence-electron chi connectivity index (χ4n) is 6.95. The number of halogens is 7. The van der Waals surface area contributed by atoms with Crippen molar-refractivity contribution >= 4 is 11.9 Å². The van der Waals surface area contributed by atoms with Crippen LogP contribution >= 0.6 is 0 Å². The van der Waals surface area contributed by atoms with Gasteiger partial charge < -0.3 is 19.9 Å². The fourth-order valence-corrected chi connectivity index (χ4v) is 6.95. The van der Waals surface area contributed by atoms with Crippen LogP contribution in [0.25, 0.3) is 11.1 Å². The molecule has 7 nitrogen and oxygen atoms in total. The second-order valence-corrected chi connectivity index (χ2v) is 14.1. The number of nitrogens with zero attached hydrogens (tertiary/aromatic N) is 2. The van der Waals surface area contributed by atoms with E-state index in [4.69, 9.17) is 0 Å². The first kappa shape index (κ1) is 39.6. The Balaban J connectivity index is 1.83. The molecule has 0 bridgehead atoms. The summed E-state index contributed by atoms with van der Waals surface area (Å²) in [7, 11) is 0. The molecule has 2 heterocycles. The lowest BCUT2D eigenvalue weighted by atomic mass is 9.89. The summed E-state index contributed by atoms with van der Waals surface area (Å²) in [5.74, 6) is -4.36. The molecule has 2 aromatic carbocycles. The lowest BCUT2D eigenvalue weighted by molar-refractivity contribution is -0.140. The number of carboxylic acid groups (broad SMARTS) is 1. The number of carboxylic acids is 1. The van der Waals surface area contributed by atoms with Gasteiger partial charge in [-0.25, -0.2) is 4.39 Å². The van der Waals surface area contributed by atoms with E-state index in [-0.39, 0.29) is 36.4 Å². The molecular formula is C37H42F7N3O4. The Kier molecular flexibility index (Phi) is 11.8. The van der Waals surface area contributed by atoms with E-state index in [2.05, 4.69) is 5.32 Å². The zero-order chi connectivity index (χ0) is 38.2. The van der Waals surface area contributed by atoms with Crippen molar-refractivity contribution in [2.24, 2.45) is 11.8 Å². The number of aliphatic carboxylic acids is 1. The van der Waals surface area contributed by atoms with Crippen molar-refractivity contribution in [2.45, 2.75) is 85.2 Å². The lowest BCUT2D eigenvalue weighted by Crippen LogP contribution is -2.46. The van der Waals surface area contributed by atoms with Crippen molar-refractivity contribution in [1.82, 2.24) is 14.8 Å². The molecule has 1 fully saturated rings. The maximum Gasteiger partial charge on any atom is 0.419 e. The summed E-state index contributed by atoms with van der Waals surface area (Å²) in [6, 6.07) is 2.21. The molecule has 1 aromatic heterocycles. The third-order valence-electron chi connectivity index (χ3n) is 9.08. The molecule has 51 heavy (non-hydrogen) atoms. The van der Waals surface area contributed by atoms with Gasteiger partial charge in [-0.3, -0.25) is 14.4 Å². The average molecular weight is 726 g/mol. The molecule has 0 spiro atoms. The minimum atomic E-state index is -5.20. The number of hydrogen-bond acceptors (Lipinski definition) is 4.